The molecule has 1 aliphatic rings. The molecule has 1 fully saturated rings. The fourth-order valence-corrected chi connectivity index (χ4v) is 4.47. The number of aromatic carboxylic acids is 1. The predicted molar refractivity (Wildman–Crippen MR) is 141 cm³/mol. The van der Waals surface area contributed by atoms with Crippen LogP contribution in [-0.2, 0) is 11.3 Å². The van der Waals surface area contributed by atoms with Gasteiger partial charge in [-0.15, -0.1) is 0 Å². The Morgan fingerprint density at radius 1 is 0.972 bits per heavy atom. The van der Waals surface area contributed by atoms with E-state index < -0.39 is 5.97 Å². The summed E-state index contributed by atoms with van der Waals surface area (Å²) in [6.07, 6.45) is 1.96. The van der Waals surface area contributed by atoms with Gasteiger partial charge in [-0.3, -0.25) is 14.6 Å². The van der Waals surface area contributed by atoms with E-state index in [1.54, 1.807) is 12.1 Å². The van der Waals surface area contributed by atoms with Crippen LogP contribution in [0.3, 0.4) is 0 Å². The summed E-state index contributed by atoms with van der Waals surface area (Å²) in [5.41, 5.74) is 2.16. The van der Waals surface area contributed by atoms with Crippen molar-refractivity contribution in [3.63, 3.8) is 0 Å². The maximum atomic E-state index is 12.9. The van der Waals surface area contributed by atoms with Gasteiger partial charge in [0.2, 0.25) is 5.91 Å². The molecule has 188 valence electrons. The number of benzene rings is 3. The number of para-hydroxylation sites is 1. The van der Waals surface area contributed by atoms with Gasteiger partial charge in [-0.1, -0.05) is 30.3 Å². The van der Waals surface area contributed by atoms with Crippen LogP contribution < -0.4 is 10.1 Å². The number of carbonyl (C=O) groups is 2. The van der Waals surface area contributed by atoms with Gasteiger partial charge in [0.05, 0.1) is 11.6 Å². The summed E-state index contributed by atoms with van der Waals surface area (Å²) in [6.45, 7) is 4.62. The summed E-state index contributed by atoms with van der Waals surface area (Å²) in [5.74, 6) is 0.549. The van der Waals surface area contributed by atoms with Crippen molar-refractivity contribution in [1.82, 2.24) is 9.80 Å². The maximum Gasteiger partial charge on any atom is 0.335 e. The first-order valence-electron chi connectivity index (χ1n) is 12.3. The predicted octanol–water partition coefficient (Wildman–Crippen LogP) is 5.10. The Labute approximate surface area is 212 Å². The Balaban J connectivity index is 1.23. The lowest BCUT2D eigenvalue weighted by Gasteiger charge is -2.39. The SMILES string of the molecule is C[C@@H](C(=O)Nc1ccc(Oc2ccccc2)cc1)N(C)C1CCN(Cc2ccc(C(=O)O)cc2)CC1. The van der Waals surface area contributed by atoms with Crippen molar-refractivity contribution >= 4 is 17.6 Å². The molecule has 7 nitrogen and oxygen atoms in total. The zero-order valence-corrected chi connectivity index (χ0v) is 20.8. The fourth-order valence-electron chi connectivity index (χ4n) is 4.47. The third-order valence-electron chi connectivity index (χ3n) is 6.83. The molecule has 3 aromatic carbocycles. The molecule has 1 amide bonds. The number of ether oxygens (including phenoxy) is 1. The zero-order valence-electron chi connectivity index (χ0n) is 20.8. The summed E-state index contributed by atoms with van der Waals surface area (Å²) in [7, 11) is 2.02. The van der Waals surface area contributed by atoms with Gasteiger partial charge in [-0.05, 0) is 94.0 Å². The van der Waals surface area contributed by atoms with Crippen molar-refractivity contribution in [2.45, 2.75) is 38.4 Å². The average molecular weight is 488 g/mol. The van der Waals surface area contributed by atoms with E-state index in [1.165, 1.54) is 0 Å². The zero-order chi connectivity index (χ0) is 25.5. The summed E-state index contributed by atoms with van der Waals surface area (Å²) >= 11 is 0. The number of carboxylic acids is 1. The Kier molecular flexibility index (Phi) is 8.36. The molecule has 1 atom stereocenters. The summed E-state index contributed by atoms with van der Waals surface area (Å²) in [5, 5.41) is 12.1. The van der Waals surface area contributed by atoms with E-state index in [4.69, 9.17) is 9.84 Å². The number of rotatable bonds is 9. The molecule has 2 N–H and O–H groups in total. The van der Waals surface area contributed by atoms with Crippen LogP contribution in [0.5, 0.6) is 11.5 Å². The van der Waals surface area contributed by atoms with Crippen LogP contribution >= 0.6 is 0 Å². The van der Waals surface area contributed by atoms with Gasteiger partial charge in [0.15, 0.2) is 0 Å². The summed E-state index contributed by atoms with van der Waals surface area (Å²) in [6, 6.07) is 24.1. The second-order valence-corrected chi connectivity index (χ2v) is 9.28. The van der Waals surface area contributed by atoms with Gasteiger partial charge >= 0.3 is 5.97 Å². The molecule has 3 aromatic rings. The smallest absolute Gasteiger partial charge is 0.335 e. The van der Waals surface area contributed by atoms with E-state index >= 15 is 0 Å². The number of hydrogen-bond acceptors (Lipinski definition) is 5. The van der Waals surface area contributed by atoms with Crippen molar-refractivity contribution < 1.29 is 19.4 Å². The number of nitrogens with one attached hydrogen (secondary N) is 1. The van der Waals surface area contributed by atoms with Crippen LogP contribution in [-0.4, -0.2) is 59.0 Å². The molecule has 7 heteroatoms. The number of anilines is 1. The number of hydrogen-bond donors (Lipinski definition) is 2. The summed E-state index contributed by atoms with van der Waals surface area (Å²) < 4.78 is 5.82. The quantitative estimate of drug-likeness (QED) is 0.437. The molecule has 36 heavy (non-hydrogen) atoms. The van der Waals surface area contributed by atoms with Gasteiger partial charge in [-0.2, -0.15) is 0 Å². The van der Waals surface area contributed by atoms with Crippen LogP contribution in [0.25, 0.3) is 0 Å². The molecule has 0 saturated carbocycles. The number of amides is 1. The first-order chi connectivity index (χ1) is 17.4. The van der Waals surface area contributed by atoms with Crippen LogP contribution in [0.1, 0.15) is 35.7 Å². The average Bonchev–Trinajstić information content (AvgIpc) is 2.90. The van der Waals surface area contributed by atoms with Crippen molar-refractivity contribution in [3.8, 4) is 11.5 Å². The maximum absolute atomic E-state index is 12.9. The number of likely N-dealkylation sites (N-methyl/N-ethyl adjacent to an activating group) is 1. The fraction of sp³-hybridized carbons (Fsp3) is 0.310. The van der Waals surface area contributed by atoms with Crippen molar-refractivity contribution in [2.75, 3.05) is 25.5 Å². The standard InChI is InChI=1S/C29H33N3O4/c1-21(28(33)30-24-12-14-27(15-13-24)36-26-6-4-3-5-7-26)31(2)25-16-18-32(19-17-25)20-22-8-10-23(11-9-22)29(34)35/h3-15,21,25H,16-20H2,1-2H3,(H,30,33)(H,34,35)/t21-/m0/s1. The molecule has 0 aliphatic carbocycles. The lowest BCUT2D eigenvalue weighted by Crippen LogP contribution is -2.49. The molecular weight excluding hydrogens is 454 g/mol. The Morgan fingerprint density at radius 2 is 1.58 bits per heavy atom. The van der Waals surface area contributed by atoms with Gasteiger partial charge in [0.25, 0.3) is 0 Å². The lowest BCUT2D eigenvalue weighted by molar-refractivity contribution is -0.121. The normalized spacial score (nSPS) is 15.4. The van der Waals surface area contributed by atoms with Gasteiger partial charge in [0, 0.05) is 18.3 Å². The van der Waals surface area contributed by atoms with Crippen molar-refractivity contribution in [2.24, 2.45) is 0 Å². The molecule has 1 aliphatic heterocycles. The molecule has 1 saturated heterocycles. The van der Waals surface area contributed by atoms with E-state index in [-0.39, 0.29) is 11.9 Å². The van der Waals surface area contributed by atoms with Gasteiger partial charge in [-0.25, -0.2) is 4.79 Å². The highest BCUT2D eigenvalue weighted by atomic mass is 16.5. The highest BCUT2D eigenvalue weighted by molar-refractivity contribution is 5.94. The van der Waals surface area contributed by atoms with E-state index in [1.807, 2.05) is 80.7 Å². The molecule has 1 heterocycles. The number of likely N-dealkylation sites (tertiary alicyclic amines) is 1. The Morgan fingerprint density at radius 3 is 2.19 bits per heavy atom. The van der Waals surface area contributed by atoms with Crippen molar-refractivity contribution in [3.05, 3.63) is 90.0 Å². The summed E-state index contributed by atoms with van der Waals surface area (Å²) in [4.78, 5) is 28.5. The Hall–Kier alpha value is -3.68. The monoisotopic (exact) mass is 487 g/mol. The van der Waals surface area contributed by atoms with E-state index in [9.17, 15) is 9.59 Å². The van der Waals surface area contributed by atoms with Crippen molar-refractivity contribution in [1.29, 1.82) is 0 Å². The number of carboxylic acid groups (broad SMARTS) is 1. The molecule has 4 rings (SSSR count). The molecular formula is C29H33N3O4. The minimum atomic E-state index is -0.905. The number of carbonyl (C=O) groups excluding carboxylic acids is 1. The second-order valence-electron chi connectivity index (χ2n) is 9.28. The van der Waals surface area contributed by atoms with E-state index in [2.05, 4.69) is 15.1 Å². The number of nitrogens with zero attached hydrogens (tertiary/aromatic N) is 2. The highest BCUT2D eigenvalue weighted by Crippen LogP contribution is 2.24. The Bertz CT molecular complexity index is 1140. The molecule has 0 aromatic heterocycles. The van der Waals surface area contributed by atoms with Crippen LogP contribution in [0.2, 0.25) is 0 Å². The third kappa shape index (κ3) is 6.71. The highest BCUT2D eigenvalue weighted by Gasteiger charge is 2.28. The number of piperidine rings is 1. The van der Waals surface area contributed by atoms with E-state index in [0.717, 1.165) is 49.5 Å². The first kappa shape index (κ1) is 25.4. The molecule has 0 spiro atoms. The lowest BCUT2D eigenvalue weighted by atomic mass is 10.0. The first-order valence-corrected chi connectivity index (χ1v) is 12.3. The third-order valence-corrected chi connectivity index (χ3v) is 6.83. The van der Waals surface area contributed by atoms with Gasteiger partial charge < -0.3 is 15.2 Å². The van der Waals surface area contributed by atoms with Crippen LogP contribution in [0.15, 0.2) is 78.9 Å². The van der Waals surface area contributed by atoms with Gasteiger partial charge in [0.1, 0.15) is 11.5 Å². The largest absolute Gasteiger partial charge is 0.478 e. The molecule has 0 unspecified atom stereocenters. The van der Waals surface area contributed by atoms with E-state index in [0.29, 0.717) is 17.4 Å². The minimum Gasteiger partial charge on any atom is -0.478 e. The second kappa shape index (κ2) is 11.8. The molecule has 0 radical (unpaired) electrons. The van der Waals surface area contributed by atoms with Crippen LogP contribution in [0.4, 0.5) is 5.69 Å². The van der Waals surface area contributed by atoms with Crippen LogP contribution in [0, 0.1) is 0 Å². The minimum absolute atomic E-state index is 0.0322. The molecule has 0 bridgehead atoms. The topological polar surface area (TPSA) is 82.1 Å².